The molecule has 3 rings (SSSR count). The third-order valence-corrected chi connectivity index (χ3v) is 5.99. The minimum absolute atomic E-state index is 0.0215. The zero-order chi connectivity index (χ0) is 17.5. The SMILES string of the molecule is COCC1CCC2(CC1)NC(=O)C(c1cc(C)c(Cl)cc1C)C2=O. The summed E-state index contributed by atoms with van der Waals surface area (Å²) in [5.41, 5.74) is 1.88. The van der Waals surface area contributed by atoms with Crippen molar-refractivity contribution >= 4 is 23.3 Å². The Kier molecular flexibility index (Phi) is 4.71. The van der Waals surface area contributed by atoms with E-state index in [1.165, 1.54) is 0 Å². The van der Waals surface area contributed by atoms with Crippen LogP contribution in [-0.4, -0.2) is 30.9 Å². The average Bonchev–Trinajstić information content (AvgIpc) is 2.77. The molecule has 1 aromatic rings. The van der Waals surface area contributed by atoms with Gasteiger partial charge in [-0.2, -0.15) is 0 Å². The minimum Gasteiger partial charge on any atom is -0.384 e. The Labute approximate surface area is 147 Å². The minimum atomic E-state index is -0.708. The first kappa shape index (κ1) is 17.4. The van der Waals surface area contributed by atoms with Gasteiger partial charge in [0.15, 0.2) is 5.78 Å². The first-order valence-corrected chi connectivity index (χ1v) is 8.87. The Balaban J connectivity index is 1.87. The lowest BCUT2D eigenvalue weighted by Crippen LogP contribution is -2.49. The highest BCUT2D eigenvalue weighted by Gasteiger charge is 2.54. The second kappa shape index (κ2) is 6.49. The van der Waals surface area contributed by atoms with E-state index in [0.717, 1.165) is 36.1 Å². The fourth-order valence-corrected chi connectivity index (χ4v) is 4.32. The third-order valence-electron chi connectivity index (χ3n) is 5.58. The van der Waals surface area contributed by atoms with Crippen LogP contribution in [0.25, 0.3) is 0 Å². The van der Waals surface area contributed by atoms with Crippen molar-refractivity contribution in [2.45, 2.75) is 51.0 Å². The van der Waals surface area contributed by atoms with Gasteiger partial charge in [-0.15, -0.1) is 0 Å². The van der Waals surface area contributed by atoms with Gasteiger partial charge in [-0.25, -0.2) is 0 Å². The van der Waals surface area contributed by atoms with Crippen LogP contribution in [-0.2, 0) is 14.3 Å². The number of methoxy groups -OCH3 is 1. The molecule has 1 atom stereocenters. The van der Waals surface area contributed by atoms with Crippen molar-refractivity contribution < 1.29 is 14.3 Å². The maximum atomic E-state index is 13.2. The van der Waals surface area contributed by atoms with E-state index in [-0.39, 0.29) is 11.7 Å². The molecule has 1 spiro atoms. The van der Waals surface area contributed by atoms with E-state index in [1.54, 1.807) is 7.11 Å². The number of Topliss-reactive ketones (excluding diaryl/α,β-unsaturated/α-hetero) is 1. The highest BCUT2D eigenvalue weighted by Crippen LogP contribution is 2.42. The van der Waals surface area contributed by atoms with Gasteiger partial charge in [-0.3, -0.25) is 9.59 Å². The molecule has 1 amide bonds. The van der Waals surface area contributed by atoms with Gasteiger partial charge in [-0.1, -0.05) is 17.7 Å². The maximum Gasteiger partial charge on any atom is 0.235 e. The van der Waals surface area contributed by atoms with Crippen molar-refractivity contribution in [3.63, 3.8) is 0 Å². The number of hydrogen-bond acceptors (Lipinski definition) is 3. The summed E-state index contributed by atoms with van der Waals surface area (Å²) in [6.07, 6.45) is 3.22. The van der Waals surface area contributed by atoms with E-state index in [0.29, 0.717) is 23.8 Å². The molecule has 2 fully saturated rings. The molecule has 5 heteroatoms. The third kappa shape index (κ3) is 2.86. The maximum absolute atomic E-state index is 13.2. The number of amides is 1. The quantitative estimate of drug-likeness (QED) is 0.852. The number of aryl methyl sites for hydroxylation is 2. The van der Waals surface area contributed by atoms with Crippen molar-refractivity contribution in [2.75, 3.05) is 13.7 Å². The monoisotopic (exact) mass is 349 g/mol. The number of hydrogen-bond donors (Lipinski definition) is 1. The number of nitrogens with one attached hydrogen (secondary N) is 1. The zero-order valence-corrected chi connectivity index (χ0v) is 15.2. The summed E-state index contributed by atoms with van der Waals surface area (Å²) in [6, 6.07) is 3.72. The molecule has 4 nitrogen and oxygen atoms in total. The van der Waals surface area contributed by atoms with Gasteiger partial charge in [0.2, 0.25) is 5.91 Å². The van der Waals surface area contributed by atoms with Crippen molar-refractivity contribution in [3.8, 4) is 0 Å². The van der Waals surface area contributed by atoms with Gasteiger partial charge in [0.1, 0.15) is 5.92 Å². The standard InChI is InChI=1S/C19H24ClNO3/c1-11-9-15(20)12(2)8-14(11)16-17(22)19(21-18(16)23)6-4-13(5-7-19)10-24-3/h8-9,13,16H,4-7,10H2,1-3H3,(H,21,23). The largest absolute Gasteiger partial charge is 0.384 e. The van der Waals surface area contributed by atoms with Crippen LogP contribution in [0.5, 0.6) is 0 Å². The van der Waals surface area contributed by atoms with Crippen molar-refractivity contribution in [2.24, 2.45) is 5.92 Å². The fourth-order valence-electron chi connectivity index (χ4n) is 4.11. The van der Waals surface area contributed by atoms with E-state index in [4.69, 9.17) is 16.3 Å². The summed E-state index contributed by atoms with van der Waals surface area (Å²) >= 11 is 6.16. The number of ketones is 1. The molecule has 1 heterocycles. The number of ether oxygens (including phenoxy) is 1. The van der Waals surface area contributed by atoms with Gasteiger partial charge < -0.3 is 10.1 Å². The van der Waals surface area contributed by atoms with E-state index in [9.17, 15) is 9.59 Å². The van der Waals surface area contributed by atoms with Crippen LogP contribution in [0.3, 0.4) is 0 Å². The summed E-state index contributed by atoms with van der Waals surface area (Å²) < 4.78 is 5.23. The number of halogens is 1. The number of carbonyl (C=O) groups excluding carboxylic acids is 2. The van der Waals surface area contributed by atoms with E-state index in [1.807, 2.05) is 26.0 Å². The van der Waals surface area contributed by atoms with E-state index < -0.39 is 11.5 Å². The van der Waals surface area contributed by atoms with Gasteiger partial charge >= 0.3 is 0 Å². The van der Waals surface area contributed by atoms with Gasteiger partial charge in [0, 0.05) is 18.7 Å². The van der Waals surface area contributed by atoms with Crippen LogP contribution in [0.4, 0.5) is 0 Å². The van der Waals surface area contributed by atoms with Crippen LogP contribution >= 0.6 is 11.6 Å². The Bertz CT molecular complexity index is 677. The summed E-state index contributed by atoms with van der Waals surface area (Å²) in [7, 11) is 1.70. The van der Waals surface area contributed by atoms with Crippen LogP contribution < -0.4 is 5.32 Å². The van der Waals surface area contributed by atoms with Crippen molar-refractivity contribution in [1.82, 2.24) is 5.32 Å². The van der Waals surface area contributed by atoms with Crippen LogP contribution in [0.1, 0.15) is 48.3 Å². The molecule has 24 heavy (non-hydrogen) atoms. The smallest absolute Gasteiger partial charge is 0.235 e. The Morgan fingerprint density at radius 3 is 2.50 bits per heavy atom. The molecule has 1 N–H and O–H groups in total. The van der Waals surface area contributed by atoms with Crippen LogP contribution in [0, 0.1) is 19.8 Å². The first-order chi connectivity index (χ1) is 11.4. The molecule has 1 saturated carbocycles. The lowest BCUT2D eigenvalue weighted by Gasteiger charge is -2.35. The Morgan fingerprint density at radius 2 is 1.88 bits per heavy atom. The molecular formula is C19H24ClNO3. The molecule has 1 aliphatic carbocycles. The molecule has 2 aliphatic rings. The number of rotatable bonds is 3. The highest BCUT2D eigenvalue weighted by molar-refractivity contribution is 6.31. The number of carbonyl (C=O) groups is 2. The molecule has 0 aromatic heterocycles. The molecular weight excluding hydrogens is 326 g/mol. The molecule has 1 unspecified atom stereocenters. The summed E-state index contributed by atoms with van der Waals surface area (Å²) in [5, 5.41) is 3.69. The molecule has 1 aromatic carbocycles. The summed E-state index contributed by atoms with van der Waals surface area (Å²) in [5.74, 6) is -0.382. The van der Waals surface area contributed by atoms with Gasteiger partial charge in [0.25, 0.3) is 0 Å². The molecule has 1 saturated heterocycles. The predicted octanol–water partition coefficient (Wildman–Crippen LogP) is 3.31. The Morgan fingerprint density at radius 1 is 1.21 bits per heavy atom. The molecule has 130 valence electrons. The number of benzene rings is 1. The molecule has 0 radical (unpaired) electrons. The van der Waals surface area contributed by atoms with E-state index >= 15 is 0 Å². The summed E-state index contributed by atoms with van der Waals surface area (Å²) in [6.45, 7) is 4.52. The molecule has 1 aliphatic heterocycles. The highest BCUT2D eigenvalue weighted by atomic mass is 35.5. The van der Waals surface area contributed by atoms with Gasteiger partial charge in [0.05, 0.1) is 5.54 Å². The fraction of sp³-hybridized carbons (Fsp3) is 0.579. The topological polar surface area (TPSA) is 55.4 Å². The predicted molar refractivity (Wildman–Crippen MR) is 93.4 cm³/mol. The van der Waals surface area contributed by atoms with Crippen molar-refractivity contribution in [1.29, 1.82) is 0 Å². The molecule has 0 bridgehead atoms. The lowest BCUT2D eigenvalue weighted by atomic mass is 9.73. The van der Waals surface area contributed by atoms with Gasteiger partial charge in [-0.05, 0) is 68.2 Å². The second-order valence-electron chi connectivity index (χ2n) is 7.23. The van der Waals surface area contributed by atoms with E-state index in [2.05, 4.69) is 5.32 Å². The van der Waals surface area contributed by atoms with Crippen molar-refractivity contribution in [3.05, 3.63) is 33.8 Å². The van der Waals surface area contributed by atoms with Crippen LogP contribution in [0.2, 0.25) is 5.02 Å². The zero-order valence-electron chi connectivity index (χ0n) is 14.4. The lowest BCUT2D eigenvalue weighted by molar-refractivity contribution is -0.126. The van der Waals surface area contributed by atoms with Crippen LogP contribution in [0.15, 0.2) is 12.1 Å². The Hall–Kier alpha value is -1.39. The normalized spacial score (nSPS) is 30.0. The first-order valence-electron chi connectivity index (χ1n) is 8.50. The average molecular weight is 350 g/mol. The second-order valence-corrected chi connectivity index (χ2v) is 7.63. The summed E-state index contributed by atoms with van der Waals surface area (Å²) in [4.78, 5) is 25.8.